The molecule has 8 heteroatoms. The Bertz CT molecular complexity index is 934. The molecule has 2 aromatic carbocycles. The molecule has 1 amide bonds. The summed E-state index contributed by atoms with van der Waals surface area (Å²) >= 11 is 2.14. The van der Waals surface area contributed by atoms with Crippen LogP contribution in [-0.4, -0.2) is 21.4 Å². The molecular formula is C18H19IN2O4S. The molecule has 0 heterocycles. The number of carbonyl (C=O) groups is 1. The molecule has 0 unspecified atom stereocenters. The first-order chi connectivity index (χ1) is 12.2. The summed E-state index contributed by atoms with van der Waals surface area (Å²) in [6.45, 7) is 3.60. The standard InChI is InChI=1S/C18H19IN2O4S/c1-12(2)10-18(22)20-15-8-9-16(25-3)17(11-15)26(23,24)21-14-6-4-13(19)5-7-14/h4-11,21H,1-3H3,(H,20,22). The van der Waals surface area contributed by atoms with E-state index in [1.54, 1.807) is 44.2 Å². The van der Waals surface area contributed by atoms with Gasteiger partial charge in [-0.25, -0.2) is 8.42 Å². The Kier molecular flexibility index (Phi) is 6.65. The largest absolute Gasteiger partial charge is 0.495 e. The number of benzene rings is 2. The van der Waals surface area contributed by atoms with Crippen molar-refractivity contribution in [2.24, 2.45) is 0 Å². The van der Waals surface area contributed by atoms with Gasteiger partial charge in [0.2, 0.25) is 5.91 Å². The molecule has 0 saturated carbocycles. The Hall–Kier alpha value is -2.07. The predicted octanol–water partition coefficient (Wildman–Crippen LogP) is 4.01. The van der Waals surface area contributed by atoms with E-state index in [0.29, 0.717) is 11.4 Å². The Morgan fingerprint density at radius 1 is 1.08 bits per heavy atom. The van der Waals surface area contributed by atoms with Gasteiger partial charge in [0.15, 0.2) is 0 Å². The minimum Gasteiger partial charge on any atom is -0.495 e. The fourth-order valence-corrected chi connectivity index (χ4v) is 3.75. The minimum atomic E-state index is -3.89. The molecule has 0 bridgehead atoms. The summed E-state index contributed by atoms with van der Waals surface area (Å²) < 4.78 is 34.2. The van der Waals surface area contributed by atoms with E-state index in [0.717, 1.165) is 9.14 Å². The average molecular weight is 486 g/mol. The molecule has 0 spiro atoms. The number of hydrogen-bond donors (Lipinski definition) is 2. The van der Waals surface area contributed by atoms with Crippen LogP contribution in [0.3, 0.4) is 0 Å². The van der Waals surface area contributed by atoms with E-state index in [1.807, 2.05) is 0 Å². The van der Waals surface area contributed by atoms with E-state index < -0.39 is 10.0 Å². The second-order valence-electron chi connectivity index (χ2n) is 5.69. The van der Waals surface area contributed by atoms with Crippen molar-refractivity contribution in [3.63, 3.8) is 0 Å². The number of nitrogens with one attached hydrogen (secondary N) is 2. The van der Waals surface area contributed by atoms with Crippen LogP contribution in [-0.2, 0) is 14.8 Å². The minimum absolute atomic E-state index is 0.0615. The van der Waals surface area contributed by atoms with Crippen LogP contribution in [0.15, 0.2) is 59.0 Å². The van der Waals surface area contributed by atoms with Gasteiger partial charge in [0, 0.05) is 21.0 Å². The van der Waals surface area contributed by atoms with Gasteiger partial charge >= 0.3 is 0 Å². The van der Waals surface area contributed by atoms with Crippen molar-refractivity contribution in [2.45, 2.75) is 18.7 Å². The van der Waals surface area contributed by atoms with Crippen LogP contribution >= 0.6 is 22.6 Å². The quantitative estimate of drug-likeness (QED) is 0.478. The van der Waals surface area contributed by atoms with E-state index in [-0.39, 0.29) is 16.6 Å². The summed E-state index contributed by atoms with van der Waals surface area (Å²) in [6.07, 6.45) is 1.43. The zero-order chi connectivity index (χ0) is 19.3. The van der Waals surface area contributed by atoms with Crippen LogP contribution in [0.1, 0.15) is 13.8 Å². The molecule has 0 atom stereocenters. The van der Waals surface area contributed by atoms with Crippen molar-refractivity contribution in [3.05, 3.63) is 57.7 Å². The van der Waals surface area contributed by atoms with Crippen LogP contribution in [0, 0.1) is 3.57 Å². The van der Waals surface area contributed by atoms with Gasteiger partial charge in [-0.3, -0.25) is 9.52 Å². The maximum Gasteiger partial charge on any atom is 0.265 e. The summed E-state index contributed by atoms with van der Waals surface area (Å²) in [5.41, 5.74) is 1.63. The van der Waals surface area contributed by atoms with Crippen LogP contribution in [0.4, 0.5) is 11.4 Å². The average Bonchev–Trinajstić information content (AvgIpc) is 2.56. The topological polar surface area (TPSA) is 84.5 Å². The van der Waals surface area contributed by atoms with Crippen molar-refractivity contribution in [2.75, 3.05) is 17.1 Å². The van der Waals surface area contributed by atoms with E-state index in [1.165, 1.54) is 25.3 Å². The third-order valence-corrected chi connectivity index (χ3v) is 5.36. The van der Waals surface area contributed by atoms with Gasteiger partial charge in [-0.1, -0.05) is 5.57 Å². The second kappa shape index (κ2) is 8.54. The normalized spacial score (nSPS) is 10.8. The molecule has 0 radical (unpaired) electrons. The molecule has 2 rings (SSSR count). The number of amides is 1. The SMILES string of the molecule is COc1ccc(NC(=O)C=C(C)C)cc1S(=O)(=O)Nc1ccc(I)cc1. The number of rotatable bonds is 6. The monoisotopic (exact) mass is 486 g/mol. The lowest BCUT2D eigenvalue weighted by Gasteiger charge is -2.13. The molecule has 0 fully saturated rings. The number of methoxy groups -OCH3 is 1. The molecular weight excluding hydrogens is 467 g/mol. The molecule has 0 aromatic heterocycles. The Balaban J connectivity index is 2.36. The molecule has 0 aliphatic carbocycles. The zero-order valence-electron chi connectivity index (χ0n) is 14.5. The maximum absolute atomic E-state index is 12.8. The first-order valence-electron chi connectivity index (χ1n) is 7.63. The Morgan fingerprint density at radius 2 is 1.69 bits per heavy atom. The summed E-state index contributed by atoms with van der Waals surface area (Å²) in [7, 11) is -2.50. The maximum atomic E-state index is 12.8. The molecule has 0 saturated heterocycles. The van der Waals surface area contributed by atoms with Crippen molar-refractivity contribution < 1.29 is 17.9 Å². The number of hydrogen-bond acceptors (Lipinski definition) is 4. The molecule has 6 nitrogen and oxygen atoms in total. The summed E-state index contributed by atoms with van der Waals surface area (Å²) in [6, 6.07) is 11.4. The van der Waals surface area contributed by atoms with Gasteiger partial charge in [-0.2, -0.15) is 0 Å². The third kappa shape index (κ3) is 5.46. The zero-order valence-corrected chi connectivity index (χ0v) is 17.5. The van der Waals surface area contributed by atoms with Crippen molar-refractivity contribution >= 4 is 49.9 Å². The van der Waals surface area contributed by atoms with Gasteiger partial charge < -0.3 is 10.1 Å². The molecule has 26 heavy (non-hydrogen) atoms. The highest BCUT2D eigenvalue weighted by molar-refractivity contribution is 14.1. The highest BCUT2D eigenvalue weighted by Crippen LogP contribution is 2.29. The van der Waals surface area contributed by atoms with Crippen LogP contribution < -0.4 is 14.8 Å². The second-order valence-corrected chi connectivity index (χ2v) is 8.59. The van der Waals surface area contributed by atoms with Gasteiger partial charge in [-0.05, 0) is 78.9 Å². The number of halogens is 1. The fraction of sp³-hybridized carbons (Fsp3) is 0.167. The lowest BCUT2D eigenvalue weighted by molar-refractivity contribution is -0.111. The number of allylic oxidation sites excluding steroid dienone is 1. The van der Waals surface area contributed by atoms with Gasteiger partial charge in [0.05, 0.1) is 7.11 Å². The molecule has 2 N–H and O–H groups in total. The predicted molar refractivity (Wildman–Crippen MR) is 111 cm³/mol. The Morgan fingerprint density at radius 3 is 2.27 bits per heavy atom. The van der Waals surface area contributed by atoms with Gasteiger partial charge in [0.1, 0.15) is 10.6 Å². The summed E-state index contributed by atoms with van der Waals surface area (Å²) in [5.74, 6) is -0.146. The summed E-state index contributed by atoms with van der Waals surface area (Å²) in [4.78, 5) is 11.8. The molecule has 0 aliphatic heterocycles. The lowest BCUT2D eigenvalue weighted by atomic mass is 10.2. The van der Waals surface area contributed by atoms with Crippen molar-refractivity contribution in [3.8, 4) is 5.75 Å². The fourth-order valence-electron chi connectivity index (χ4n) is 2.13. The Labute approximate surface area is 166 Å². The van der Waals surface area contributed by atoms with E-state index >= 15 is 0 Å². The molecule has 2 aromatic rings. The smallest absolute Gasteiger partial charge is 0.265 e. The molecule has 0 aliphatic rings. The number of ether oxygens (including phenoxy) is 1. The highest BCUT2D eigenvalue weighted by atomic mass is 127. The first-order valence-corrected chi connectivity index (χ1v) is 10.2. The van der Waals surface area contributed by atoms with Crippen LogP contribution in [0.25, 0.3) is 0 Å². The molecule has 138 valence electrons. The van der Waals surface area contributed by atoms with Crippen molar-refractivity contribution in [1.82, 2.24) is 0 Å². The van der Waals surface area contributed by atoms with Crippen molar-refractivity contribution in [1.29, 1.82) is 0 Å². The van der Waals surface area contributed by atoms with E-state index in [2.05, 4.69) is 32.6 Å². The lowest BCUT2D eigenvalue weighted by Crippen LogP contribution is -2.15. The van der Waals surface area contributed by atoms with Crippen LogP contribution in [0.5, 0.6) is 5.75 Å². The highest BCUT2D eigenvalue weighted by Gasteiger charge is 2.20. The van der Waals surface area contributed by atoms with Crippen LogP contribution in [0.2, 0.25) is 0 Å². The first kappa shape index (κ1) is 20.2. The number of carbonyl (C=O) groups excluding carboxylic acids is 1. The number of sulfonamides is 1. The summed E-state index contributed by atoms with van der Waals surface area (Å²) in [5, 5.41) is 2.64. The third-order valence-electron chi connectivity index (χ3n) is 3.24. The van der Waals surface area contributed by atoms with Gasteiger partial charge in [0.25, 0.3) is 10.0 Å². The van der Waals surface area contributed by atoms with E-state index in [9.17, 15) is 13.2 Å². The van der Waals surface area contributed by atoms with E-state index in [4.69, 9.17) is 4.74 Å². The van der Waals surface area contributed by atoms with Gasteiger partial charge in [-0.15, -0.1) is 0 Å². The number of anilines is 2.